The van der Waals surface area contributed by atoms with Crippen LogP contribution in [0.4, 0.5) is 0 Å². The second-order valence-electron chi connectivity index (χ2n) is 9.30. The third-order valence-corrected chi connectivity index (χ3v) is 9.05. The molecule has 2 fully saturated rings. The molecule has 8 heteroatoms. The lowest BCUT2D eigenvalue weighted by molar-refractivity contribution is -0.147. The number of amides is 3. The summed E-state index contributed by atoms with van der Waals surface area (Å²) >= 11 is 1.58. The number of likely N-dealkylation sites (N-methyl/N-ethyl adjacent to an activating group) is 1. The Morgan fingerprint density at radius 2 is 1.87 bits per heavy atom. The Bertz CT molecular complexity index is 830. The summed E-state index contributed by atoms with van der Waals surface area (Å²) in [6.07, 6.45) is 9.91. The Morgan fingerprint density at radius 1 is 1.13 bits per heavy atom. The first-order valence-electron chi connectivity index (χ1n) is 11.3. The zero-order valence-corrected chi connectivity index (χ0v) is 19.5. The Kier molecular flexibility index (Phi) is 5.98. The van der Waals surface area contributed by atoms with Crippen LogP contribution in [0.2, 0.25) is 0 Å². The summed E-state index contributed by atoms with van der Waals surface area (Å²) < 4.78 is -0.800. The van der Waals surface area contributed by atoms with Gasteiger partial charge < -0.3 is 19.8 Å². The van der Waals surface area contributed by atoms with Crippen molar-refractivity contribution >= 4 is 29.5 Å². The van der Waals surface area contributed by atoms with E-state index in [2.05, 4.69) is 6.92 Å². The van der Waals surface area contributed by atoms with Crippen molar-refractivity contribution in [1.29, 1.82) is 0 Å². The van der Waals surface area contributed by atoms with E-state index in [4.69, 9.17) is 0 Å². The van der Waals surface area contributed by atoms with Crippen LogP contribution in [-0.4, -0.2) is 92.4 Å². The highest BCUT2D eigenvalue weighted by atomic mass is 32.2. The predicted molar refractivity (Wildman–Crippen MR) is 120 cm³/mol. The number of rotatable bonds is 5. The molecule has 2 saturated heterocycles. The highest BCUT2D eigenvalue weighted by Crippen LogP contribution is 2.61. The molecular weight excluding hydrogens is 414 g/mol. The molecule has 0 aromatic rings. The Morgan fingerprint density at radius 3 is 2.55 bits per heavy atom. The number of thioether (sulfide) groups is 1. The van der Waals surface area contributed by atoms with E-state index in [1.807, 2.05) is 36.1 Å². The molecule has 4 rings (SSSR count). The normalized spacial score (nSPS) is 36.8. The molecular formula is C23H33N3O4S. The van der Waals surface area contributed by atoms with Gasteiger partial charge in [0.1, 0.15) is 6.04 Å². The summed E-state index contributed by atoms with van der Waals surface area (Å²) in [7, 11) is 1.76. The smallest absolute Gasteiger partial charge is 0.247 e. The molecule has 7 nitrogen and oxygen atoms in total. The van der Waals surface area contributed by atoms with Crippen LogP contribution in [-0.2, 0) is 14.4 Å². The summed E-state index contributed by atoms with van der Waals surface area (Å²) in [6, 6.07) is -1.15. The van der Waals surface area contributed by atoms with Gasteiger partial charge in [-0.05, 0) is 20.3 Å². The highest BCUT2D eigenvalue weighted by Gasteiger charge is 2.71. The third kappa shape index (κ3) is 3.25. The predicted octanol–water partition coefficient (Wildman–Crippen LogP) is 1.28. The van der Waals surface area contributed by atoms with Crippen LogP contribution in [0, 0.1) is 11.8 Å². The molecule has 0 radical (unpaired) electrons. The molecule has 0 aromatic carbocycles. The number of aliphatic hydroxyl groups excluding tert-OH is 1. The van der Waals surface area contributed by atoms with Gasteiger partial charge in [0, 0.05) is 31.4 Å². The Hall–Kier alpha value is -1.80. The molecule has 7 atom stereocenters. The fourth-order valence-electron chi connectivity index (χ4n) is 5.75. The molecule has 1 N–H and O–H groups in total. The molecule has 0 bridgehead atoms. The van der Waals surface area contributed by atoms with Gasteiger partial charge in [-0.2, -0.15) is 0 Å². The summed E-state index contributed by atoms with van der Waals surface area (Å²) in [4.78, 5) is 46.2. The van der Waals surface area contributed by atoms with Crippen molar-refractivity contribution < 1.29 is 19.5 Å². The number of hydrogen-bond acceptors (Lipinski definition) is 5. The van der Waals surface area contributed by atoms with Crippen molar-refractivity contribution in [3.05, 3.63) is 24.3 Å². The molecule has 4 heterocycles. The van der Waals surface area contributed by atoms with Gasteiger partial charge >= 0.3 is 0 Å². The van der Waals surface area contributed by atoms with Gasteiger partial charge in [0.2, 0.25) is 17.7 Å². The fraction of sp³-hybridized carbons (Fsp3) is 0.696. The standard InChI is InChI=1S/C23H33N3O4S/c1-5-8-14(2)25-12-7-10-23-18(17-16(31-23)9-6-11-24(4)20(17)28)21(29)26(15(3)13-27)19(23)22(25)30/h6-7,9-10,14-19,27H,5,8,11-13H2,1-4H3/t14?,15-,16-,17+,18+,19?,23+/m1/s1. The van der Waals surface area contributed by atoms with Crippen molar-refractivity contribution in [2.45, 2.75) is 61.7 Å². The van der Waals surface area contributed by atoms with Crippen LogP contribution in [0.25, 0.3) is 0 Å². The lowest BCUT2D eigenvalue weighted by Gasteiger charge is -2.39. The molecule has 31 heavy (non-hydrogen) atoms. The minimum absolute atomic E-state index is 0.0451. The number of fused-ring (bicyclic) bond motifs is 2. The monoisotopic (exact) mass is 447 g/mol. The van der Waals surface area contributed by atoms with Gasteiger partial charge in [0.15, 0.2) is 0 Å². The van der Waals surface area contributed by atoms with Gasteiger partial charge in [-0.1, -0.05) is 37.6 Å². The van der Waals surface area contributed by atoms with Crippen molar-refractivity contribution in [2.75, 3.05) is 26.7 Å². The first kappa shape index (κ1) is 22.4. The van der Waals surface area contributed by atoms with E-state index in [0.717, 1.165) is 12.8 Å². The minimum Gasteiger partial charge on any atom is -0.394 e. The summed E-state index contributed by atoms with van der Waals surface area (Å²) in [5, 5.41) is 9.78. The molecule has 1 spiro atoms. The topological polar surface area (TPSA) is 81.2 Å². The fourth-order valence-corrected chi connectivity index (χ4v) is 7.75. The average Bonchev–Trinajstić information content (AvgIpc) is 3.07. The first-order valence-corrected chi connectivity index (χ1v) is 12.2. The third-order valence-electron chi connectivity index (χ3n) is 7.31. The maximum absolute atomic E-state index is 14.0. The van der Waals surface area contributed by atoms with Crippen molar-refractivity contribution in [3.8, 4) is 0 Å². The number of likely N-dealkylation sites (tertiary alicyclic amines) is 1. The highest BCUT2D eigenvalue weighted by molar-refractivity contribution is 8.02. The first-order chi connectivity index (χ1) is 14.8. The van der Waals surface area contributed by atoms with Crippen LogP contribution in [0.3, 0.4) is 0 Å². The lowest BCUT2D eigenvalue weighted by Crippen LogP contribution is -2.57. The minimum atomic E-state index is -0.800. The second kappa shape index (κ2) is 8.28. The van der Waals surface area contributed by atoms with Crippen LogP contribution in [0.15, 0.2) is 24.3 Å². The maximum atomic E-state index is 14.0. The SMILES string of the molecule is CCCC(C)N1CC=C[C@]23S[C@@H]4C=CCN(C)C(=O)[C@@H]4[C@H]2C(=O)N([C@H](C)CO)C3C1=O. The summed E-state index contributed by atoms with van der Waals surface area (Å²) in [5.74, 6) is -1.42. The molecule has 0 aliphatic carbocycles. The van der Waals surface area contributed by atoms with E-state index in [1.54, 1.807) is 35.5 Å². The summed E-state index contributed by atoms with van der Waals surface area (Å²) in [5.41, 5.74) is 0. The number of nitrogens with zero attached hydrogens (tertiary/aromatic N) is 3. The van der Waals surface area contributed by atoms with Crippen LogP contribution >= 0.6 is 11.8 Å². The van der Waals surface area contributed by atoms with Crippen LogP contribution in [0.5, 0.6) is 0 Å². The van der Waals surface area contributed by atoms with E-state index >= 15 is 0 Å². The van der Waals surface area contributed by atoms with E-state index in [9.17, 15) is 19.5 Å². The lowest BCUT2D eigenvalue weighted by atomic mass is 9.78. The van der Waals surface area contributed by atoms with E-state index in [0.29, 0.717) is 13.1 Å². The zero-order valence-electron chi connectivity index (χ0n) is 18.7. The zero-order chi connectivity index (χ0) is 22.5. The summed E-state index contributed by atoms with van der Waals surface area (Å²) in [6.45, 7) is 6.72. The average molecular weight is 448 g/mol. The molecule has 3 amide bonds. The molecule has 4 aliphatic rings. The van der Waals surface area contributed by atoms with E-state index in [1.165, 1.54) is 0 Å². The van der Waals surface area contributed by atoms with E-state index < -0.39 is 28.7 Å². The molecule has 170 valence electrons. The van der Waals surface area contributed by atoms with E-state index in [-0.39, 0.29) is 35.6 Å². The molecule has 0 aromatic heterocycles. The van der Waals surface area contributed by atoms with Gasteiger partial charge in [-0.15, -0.1) is 11.8 Å². The van der Waals surface area contributed by atoms with Gasteiger partial charge in [0.05, 0.1) is 29.2 Å². The number of carbonyl (C=O) groups is 3. The van der Waals surface area contributed by atoms with Crippen LogP contribution in [0.1, 0.15) is 33.6 Å². The molecule has 0 saturated carbocycles. The van der Waals surface area contributed by atoms with Crippen LogP contribution < -0.4 is 0 Å². The van der Waals surface area contributed by atoms with Crippen molar-refractivity contribution in [2.24, 2.45) is 11.8 Å². The number of aliphatic hydroxyl groups is 1. The molecule has 2 unspecified atom stereocenters. The van der Waals surface area contributed by atoms with Gasteiger partial charge in [-0.25, -0.2) is 0 Å². The van der Waals surface area contributed by atoms with Gasteiger partial charge in [0.25, 0.3) is 0 Å². The number of carbonyl (C=O) groups excluding carboxylic acids is 3. The molecule has 4 aliphatic heterocycles. The quantitative estimate of drug-likeness (QED) is 0.642. The Labute approximate surface area is 188 Å². The van der Waals surface area contributed by atoms with Crippen molar-refractivity contribution in [3.63, 3.8) is 0 Å². The van der Waals surface area contributed by atoms with Crippen molar-refractivity contribution in [1.82, 2.24) is 14.7 Å². The Balaban J connectivity index is 1.83. The number of hydrogen-bond donors (Lipinski definition) is 1. The maximum Gasteiger partial charge on any atom is 0.247 e. The van der Waals surface area contributed by atoms with Gasteiger partial charge in [-0.3, -0.25) is 14.4 Å². The largest absolute Gasteiger partial charge is 0.394 e. The second-order valence-corrected chi connectivity index (χ2v) is 10.8.